The number of benzene rings is 1. The Balaban J connectivity index is 2.67. The van der Waals surface area contributed by atoms with Crippen molar-refractivity contribution in [2.24, 2.45) is 0 Å². The molecule has 1 aromatic carbocycles. The molecule has 1 aromatic heterocycles. The number of nitrogens with one attached hydrogen (secondary N) is 1. The van der Waals surface area contributed by atoms with E-state index in [9.17, 15) is 8.78 Å². The first-order valence-electron chi connectivity index (χ1n) is 6.76. The summed E-state index contributed by atoms with van der Waals surface area (Å²) in [6, 6.07) is 4.70. The van der Waals surface area contributed by atoms with E-state index < -0.39 is 11.6 Å². The second kappa shape index (κ2) is 5.39. The first-order valence-corrected chi connectivity index (χ1v) is 6.76. The SMILES string of the molecule is CNc1cc(-c2ccc(C)c(F)c2F)nc(C(C)(C)C)n1. The largest absolute Gasteiger partial charge is 0.373 e. The number of nitrogens with zero attached hydrogens (tertiary/aromatic N) is 2. The van der Waals surface area contributed by atoms with Crippen molar-refractivity contribution in [1.29, 1.82) is 0 Å². The molecule has 112 valence electrons. The molecule has 0 unspecified atom stereocenters. The van der Waals surface area contributed by atoms with Gasteiger partial charge in [0.15, 0.2) is 11.6 Å². The standard InChI is InChI=1S/C16H19F2N3/c1-9-6-7-10(14(18)13(9)17)11-8-12(19-5)21-15(20-11)16(2,3)4/h6-8H,1-5H3,(H,19,20,21). The Morgan fingerprint density at radius 3 is 2.29 bits per heavy atom. The highest BCUT2D eigenvalue weighted by atomic mass is 19.2. The quantitative estimate of drug-likeness (QED) is 0.906. The van der Waals surface area contributed by atoms with Crippen LogP contribution in [0.4, 0.5) is 14.6 Å². The Morgan fingerprint density at radius 1 is 1.05 bits per heavy atom. The molecule has 5 heteroatoms. The molecule has 0 spiro atoms. The van der Waals surface area contributed by atoms with Crippen LogP contribution in [0.1, 0.15) is 32.2 Å². The smallest absolute Gasteiger partial charge is 0.168 e. The summed E-state index contributed by atoms with van der Waals surface area (Å²) in [7, 11) is 1.73. The van der Waals surface area contributed by atoms with Gasteiger partial charge < -0.3 is 5.32 Å². The summed E-state index contributed by atoms with van der Waals surface area (Å²) in [4.78, 5) is 8.78. The highest BCUT2D eigenvalue weighted by Crippen LogP contribution is 2.28. The van der Waals surface area contributed by atoms with Gasteiger partial charge in [0, 0.05) is 24.1 Å². The molecular weight excluding hydrogens is 272 g/mol. The van der Waals surface area contributed by atoms with Crippen molar-refractivity contribution in [3.8, 4) is 11.3 Å². The van der Waals surface area contributed by atoms with Crippen LogP contribution >= 0.6 is 0 Å². The van der Waals surface area contributed by atoms with Gasteiger partial charge in [-0.15, -0.1) is 0 Å². The second-order valence-corrected chi connectivity index (χ2v) is 6.02. The summed E-state index contributed by atoms with van der Waals surface area (Å²) < 4.78 is 27.9. The monoisotopic (exact) mass is 291 g/mol. The predicted octanol–water partition coefficient (Wildman–Crippen LogP) is 4.07. The average molecular weight is 291 g/mol. The van der Waals surface area contributed by atoms with Gasteiger partial charge in [-0.1, -0.05) is 26.8 Å². The maximum atomic E-state index is 14.2. The van der Waals surface area contributed by atoms with Crippen LogP contribution in [0.2, 0.25) is 0 Å². The molecule has 0 radical (unpaired) electrons. The molecule has 0 atom stereocenters. The van der Waals surface area contributed by atoms with E-state index in [1.807, 2.05) is 20.8 Å². The summed E-state index contributed by atoms with van der Waals surface area (Å²) >= 11 is 0. The number of aromatic nitrogens is 2. The Bertz CT molecular complexity index is 676. The molecule has 3 nitrogen and oxygen atoms in total. The van der Waals surface area contributed by atoms with Crippen LogP contribution in [0, 0.1) is 18.6 Å². The Labute approximate surface area is 123 Å². The number of halogens is 2. The molecule has 0 amide bonds. The molecule has 0 saturated heterocycles. The molecule has 0 aliphatic heterocycles. The van der Waals surface area contributed by atoms with Crippen molar-refractivity contribution in [1.82, 2.24) is 9.97 Å². The van der Waals surface area contributed by atoms with Gasteiger partial charge in [0.1, 0.15) is 11.6 Å². The van der Waals surface area contributed by atoms with Crippen molar-refractivity contribution < 1.29 is 8.78 Å². The molecule has 0 aliphatic carbocycles. The maximum Gasteiger partial charge on any atom is 0.168 e. The van der Waals surface area contributed by atoms with Crippen LogP contribution in [0.25, 0.3) is 11.3 Å². The fraction of sp³-hybridized carbons (Fsp3) is 0.375. The van der Waals surface area contributed by atoms with Crippen molar-refractivity contribution >= 4 is 5.82 Å². The Hall–Kier alpha value is -2.04. The normalized spacial score (nSPS) is 11.6. The fourth-order valence-electron chi connectivity index (χ4n) is 1.89. The lowest BCUT2D eigenvalue weighted by atomic mass is 9.95. The molecule has 1 N–H and O–H groups in total. The first kappa shape index (κ1) is 15.4. The van der Waals surface area contributed by atoms with E-state index >= 15 is 0 Å². The molecule has 1 heterocycles. The van der Waals surface area contributed by atoms with Crippen molar-refractivity contribution in [2.75, 3.05) is 12.4 Å². The van der Waals surface area contributed by atoms with E-state index in [1.165, 1.54) is 6.92 Å². The molecule has 2 aromatic rings. The molecule has 2 rings (SSSR count). The third-order valence-corrected chi connectivity index (χ3v) is 3.20. The van der Waals surface area contributed by atoms with Gasteiger partial charge >= 0.3 is 0 Å². The van der Waals surface area contributed by atoms with Crippen molar-refractivity contribution in [3.05, 3.63) is 41.2 Å². The van der Waals surface area contributed by atoms with Gasteiger partial charge in [-0.25, -0.2) is 18.7 Å². The van der Waals surface area contributed by atoms with Crippen molar-refractivity contribution in [3.63, 3.8) is 0 Å². The zero-order valence-corrected chi connectivity index (χ0v) is 12.9. The number of rotatable bonds is 2. The van der Waals surface area contributed by atoms with Gasteiger partial charge in [0.2, 0.25) is 0 Å². The number of aryl methyl sites for hydroxylation is 1. The topological polar surface area (TPSA) is 37.8 Å². The van der Waals surface area contributed by atoms with E-state index in [0.717, 1.165) is 0 Å². The van der Waals surface area contributed by atoms with Gasteiger partial charge in [0.05, 0.1) is 5.69 Å². The van der Waals surface area contributed by atoms with Crippen LogP contribution in [0.3, 0.4) is 0 Å². The summed E-state index contributed by atoms with van der Waals surface area (Å²) in [6.07, 6.45) is 0. The van der Waals surface area contributed by atoms with Gasteiger partial charge in [-0.05, 0) is 18.6 Å². The lowest BCUT2D eigenvalue weighted by Crippen LogP contribution is -2.17. The van der Waals surface area contributed by atoms with Crippen LogP contribution in [0.5, 0.6) is 0 Å². The van der Waals surface area contributed by atoms with Gasteiger partial charge in [0.25, 0.3) is 0 Å². The lowest BCUT2D eigenvalue weighted by molar-refractivity contribution is 0.504. The molecule has 0 fully saturated rings. The minimum absolute atomic E-state index is 0.141. The molecular formula is C16H19F2N3. The Morgan fingerprint density at radius 2 is 1.71 bits per heavy atom. The van der Waals surface area contributed by atoms with E-state index in [2.05, 4.69) is 15.3 Å². The van der Waals surface area contributed by atoms with E-state index in [-0.39, 0.29) is 16.5 Å². The second-order valence-electron chi connectivity index (χ2n) is 6.02. The number of hydrogen-bond donors (Lipinski definition) is 1. The fourth-order valence-corrected chi connectivity index (χ4v) is 1.89. The highest BCUT2D eigenvalue weighted by molar-refractivity contribution is 5.64. The summed E-state index contributed by atoms with van der Waals surface area (Å²) in [5, 5.41) is 2.93. The van der Waals surface area contributed by atoms with Crippen LogP contribution in [0.15, 0.2) is 18.2 Å². The third kappa shape index (κ3) is 3.01. The minimum Gasteiger partial charge on any atom is -0.373 e. The zero-order valence-electron chi connectivity index (χ0n) is 12.9. The molecule has 0 saturated carbocycles. The third-order valence-electron chi connectivity index (χ3n) is 3.20. The summed E-state index contributed by atoms with van der Waals surface area (Å²) in [5.41, 5.74) is 0.495. The van der Waals surface area contributed by atoms with Crippen molar-refractivity contribution in [2.45, 2.75) is 33.1 Å². The van der Waals surface area contributed by atoms with Crippen LogP contribution in [-0.4, -0.2) is 17.0 Å². The van der Waals surface area contributed by atoms with E-state index in [1.54, 1.807) is 25.2 Å². The predicted molar refractivity (Wildman–Crippen MR) is 80.4 cm³/mol. The Kier molecular flexibility index (Phi) is 3.94. The van der Waals surface area contributed by atoms with Crippen LogP contribution in [-0.2, 0) is 5.41 Å². The number of hydrogen-bond acceptors (Lipinski definition) is 3. The maximum absolute atomic E-state index is 14.2. The minimum atomic E-state index is -0.879. The van der Waals surface area contributed by atoms with E-state index in [0.29, 0.717) is 17.3 Å². The highest BCUT2D eigenvalue weighted by Gasteiger charge is 2.21. The van der Waals surface area contributed by atoms with Crippen LogP contribution < -0.4 is 5.32 Å². The van der Waals surface area contributed by atoms with Gasteiger partial charge in [-0.2, -0.15) is 0 Å². The molecule has 0 aliphatic rings. The summed E-state index contributed by atoms with van der Waals surface area (Å²) in [5.74, 6) is -0.569. The summed E-state index contributed by atoms with van der Waals surface area (Å²) in [6.45, 7) is 7.44. The molecule has 21 heavy (non-hydrogen) atoms. The molecule has 0 bridgehead atoms. The average Bonchev–Trinajstić information content (AvgIpc) is 2.43. The lowest BCUT2D eigenvalue weighted by Gasteiger charge is -2.18. The zero-order chi connectivity index (χ0) is 15.8. The first-order chi connectivity index (χ1) is 9.74. The van der Waals surface area contributed by atoms with E-state index in [4.69, 9.17) is 0 Å². The number of anilines is 1. The van der Waals surface area contributed by atoms with Gasteiger partial charge in [-0.3, -0.25) is 0 Å².